The standard InChI is InChI=1S/C19H27NO5/c1-14-7-9-19(10-8-14,18(22)23)20-17(21)15-5-3-6-16(13-15)25-12-4-11-24-2/h3,5-6,13-14H,4,7-12H2,1-2H3,(H,20,21)(H,22,23). The summed E-state index contributed by atoms with van der Waals surface area (Å²) in [6, 6.07) is 6.82. The van der Waals surface area contributed by atoms with Gasteiger partial charge in [0.25, 0.3) is 5.91 Å². The van der Waals surface area contributed by atoms with Gasteiger partial charge in [0.1, 0.15) is 11.3 Å². The molecule has 6 nitrogen and oxygen atoms in total. The predicted molar refractivity (Wildman–Crippen MR) is 93.9 cm³/mol. The van der Waals surface area contributed by atoms with E-state index in [1.165, 1.54) is 0 Å². The van der Waals surface area contributed by atoms with Crippen LogP contribution in [0.15, 0.2) is 24.3 Å². The fourth-order valence-electron chi connectivity index (χ4n) is 3.06. The van der Waals surface area contributed by atoms with Crippen LogP contribution in [0.5, 0.6) is 5.75 Å². The fraction of sp³-hybridized carbons (Fsp3) is 0.579. The van der Waals surface area contributed by atoms with E-state index in [9.17, 15) is 14.7 Å². The lowest BCUT2D eigenvalue weighted by molar-refractivity contribution is -0.146. The number of methoxy groups -OCH3 is 1. The average Bonchev–Trinajstić information content (AvgIpc) is 2.61. The molecule has 0 saturated heterocycles. The molecule has 1 aromatic carbocycles. The number of carboxylic acids is 1. The van der Waals surface area contributed by atoms with E-state index in [0.29, 0.717) is 43.3 Å². The van der Waals surface area contributed by atoms with Crippen LogP contribution >= 0.6 is 0 Å². The Kier molecular flexibility index (Phi) is 6.82. The topological polar surface area (TPSA) is 84.9 Å². The van der Waals surface area contributed by atoms with E-state index < -0.39 is 11.5 Å². The molecule has 0 radical (unpaired) electrons. The summed E-state index contributed by atoms with van der Waals surface area (Å²) in [6.07, 6.45) is 3.28. The Morgan fingerprint density at radius 3 is 2.64 bits per heavy atom. The maximum absolute atomic E-state index is 12.6. The van der Waals surface area contributed by atoms with Gasteiger partial charge in [0, 0.05) is 25.7 Å². The first kappa shape index (κ1) is 19.2. The summed E-state index contributed by atoms with van der Waals surface area (Å²) in [6.45, 7) is 3.22. The van der Waals surface area contributed by atoms with Crippen molar-refractivity contribution < 1.29 is 24.2 Å². The summed E-state index contributed by atoms with van der Waals surface area (Å²) >= 11 is 0. The highest BCUT2D eigenvalue weighted by Crippen LogP contribution is 2.32. The lowest BCUT2D eigenvalue weighted by atomic mass is 9.77. The van der Waals surface area contributed by atoms with Gasteiger partial charge < -0.3 is 19.9 Å². The molecule has 25 heavy (non-hydrogen) atoms. The Morgan fingerprint density at radius 1 is 1.28 bits per heavy atom. The summed E-state index contributed by atoms with van der Waals surface area (Å²) in [5, 5.41) is 12.4. The first-order valence-electron chi connectivity index (χ1n) is 8.74. The summed E-state index contributed by atoms with van der Waals surface area (Å²) in [5.74, 6) is -0.252. The monoisotopic (exact) mass is 349 g/mol. The quantitative estimate of drug-likeness (QED) is 0.705. The van der Waals surface area contributed by atoms with Crippen LogP contribution in [-0.4, -0.2) is 42.8 Å². The minimum Gasteiger partial charge on any atom is -0.493 e. The summed E-state index contributed by atoms with van der Waals surface area (Å²) < 4.78 is 10.6. The molecule has 1 saturated carbocycles. The number of amides is 1. The molecule has 0 spiro atoms. The number of nitrogens with one attached hydrogen (secondary N) is 1. The van der Waals surface area contributed by atoms with Crippen LogP contribution in [0, 0.1) is 5.92 Å². The second-order valence-electron chi connectivity index (χ2n) is 6.75. The average molecular weight is 349 g/mol. The molecule has 1 aliphatic carbocycles. The van der Waals surface area contributed by atoms with Gasteiger partial charge in [-0.05, 0) is 49.8 Å². The lowest BCUT2D eigenvalue weighted by Crippen LogP contribution is -2.56. The molecule has 0 bridgehead atoms. The number of ether oxygens (including phenoxy) is 2. The van der Waals surface area contributed by atoms with Gasteiger partial charge in [-0.15, -0.1) is 0 Å². The molecule has 6 heteroatoms. The Balaban J connectivity index is 2.02. The van der Waals surface area contributed by atoms with E-state index in [-0.39, 0.29) is 5.91 Å². The fourth-order valence-corrected chi connectivity index (χ4v) is 3.06. The van der Waals surface area contributed by atoms with Gasteiger partial charge in [0.2, 0.25) is 0 Å². The van der Waals surface area contributed by atoms with Crippen molar-refractivity contribution in [3.05, 3.63) is 29.8 Å². The Labute approximate surface area is 148 Å². The Morgan fingerprint density at radius 2 is 2.00 bits per heavy atom. The molecule has 0 unspecified atom stereocenters. The number of carbonyl (C=O) groups is 2. The highest BCUT2D eigenvalue weighted by molar-refractivity contribution is 5.98. The van der Waals surface area contributed by atoms with Gasteiger partial charge in [-0.25, -0.2) is 4.79 Å². The van der Waals surface area contributed by atoms with E-state index >= 15 is 0 Å². The maximum atomic E-state index is 12.6. The molecule has 1 amide bonds. The van der Waals surface area contributed by atoms with E-state index in [4.69, 9.17) is 9.47 Å². The molecular weight excluding hydrogens is 322 g/mol. The SMILES string of the molecule is COCCCOc1cccc(C(=O)NC2(C(=O)O)CCC(C)CC2)c1. The minimum atomic E-state index is -1.17. The zero-order valence-corrected chi connectivity index (χ0v) is 14.9. The molecule has 1 aromatic rings. The van der Waals surface area contributed by atoms with E-state index in [0.717, 1.165) is 19.3 Å². The van der Waals surface area contributed by atoms with E-state index in [1.54, 1.807) is 31.4 Å². The van der Waals surface area contributed by atoms with Crippen molar-refractivity contribution in [2.24, 2.45) is 5.92 Å². The number of carboxylic acid groups (broad SMARTS) is 1. The normalized spacial score (nSPS) is 23.0. The number of rotatable bonds is 8. The van der Waals surface area contributed by atoms with Crippen molar-refractivity contribution >= 4 is 11.9 Å². The van der Waals surface area contributed by atoms with Crippen molar-refractivity contribution in [3.63, 3.8) is 0 Å². The third-order valence-corrected chi connectivity index (χ3v) is 4.75. The molecular formula is C19H27NO5. The summed E-state index contributed by atoms with van der Waals surface area (Å²) in [7, 11) is 1.63. The molecule has 1 aliphatic rings. The second kappa shape index (κ2) is 8.85. The van der Waals surface area contributed by atoms with Crippen molar-refractivity contribution in [1.82, 2.24) is 5.32 Å². The molecule has 138 valence electrons. The number of benzene rings is 1. The smallest absolute Gasteiger partial charge is 0.329 e. The van der Waals surface area contributed by atoms with Crippen LogP contribution in [0.3, 0.4) is 0 Å². The third-order valence-electron chi connectivity index (χ3n) is 4.75. The van der Waals surface area contributed by atoms with Gasteiger partial charge in [0.05, 0.1) is 6.61 Å². The number of hydrogen-bond donors (Lipinski definition) is 2. The predicted octanol–water partition coefficient (Wildman–Crippen LogP) is 2.87. The number of aliphatic carboxylic acids is 1. The van der Waals surface area contributed by atoms with Crippen LogP contribution < -0.4 is 10.1 Å². The van der Waals surface area contributed by atoms with Gasteiger partial charge in [0.15, 0.2) is 0 Å². The molecule has 0 aliphatic heterocycles. The van der Waals surface area contributed by atoms with Crippen molar-refractivity contribution in [2.45, 2.75) is 44.6 Å². The zero-order chi connectivity index (χ0) is 18.3. The summed E-state index contributed by atoms with van der Waals surface area (Å²) in [5.41, 5.74) is -0.762. The first-order chi connectivity index (χ1) is 12.0. The van der Waals surface area contributed by atoms with Gasteiger partial charge in [-0.2, -0.15) is 0 Å². The molecule has 0 aromatic heterocycles. The summed E-state index contributed by atoms with van der Waals surface area (Å²) in [4.78, 5) is 24.4. The Bertz CT molecular complexity index is 593. The van der Waals surface area contributed by atoms with E-state index in [1.807, 2.05) is 0 Å². The minimum absolute atomic E-state index is 0.376. The van der Waals surface area contributed by atoms with Crippen molar-refractivity contribution in [3.8, 4) is 5.75 Å². The molecule has 2 rings (SSSR count). The third kappa shape index (κ3) is 5.19. The molecule has 2 N–H and O–H groups in total. The Hall–Kier alpha value is -2.08. The molecule has 1 fully saturated rings. The number of hydrogen-bond acceptors (Lipinski definition) is 4. The van der Waals surface area contributed by atoms with Gasteiger partial charge in [-0.3, -0.25) is 4.79 Å². The van der Waals surface area contributed by atoms with Crippen molar-refractivity contribution in [2.75, 3.05) is 20.3 Å². The highest BCUT2D eigenvalue weighted by atomic mass is 16.5. The van der Waals surface area contributed by atoms with Gasteiger partial charge in [-0.1, -0.05) is 13.0 Å². The first-order valence-corrected chi connectivity index (χ1v) is 8.74. The molecule has 0 atom stereocenters. The molecule has 0 heterocycles. The highest BCUT2D eigenvalue weighted by Gasteiger charge is 2.42. The lowest BCUT2D eigenvalue weighted by Gasteiger charge is -2.36. The van der Waals surface area contributed by atoms with Crippen LogP contribution in [0.4, 0.5) is 0 Å². The van der Waals surface area contributed by atoms with Crippen LogP contribution in [0.25, 0.3) is 0 Å². The van der Waals surface area contributed by atoms with Gasteiger partial charge >= 0.3 is 5.97 Å². The van der Waals surface area contributed by atoms with Crippen LogP contribution in [0.1, 0.15) is 49.4 Å². The van der Waals surface area contributed by atoms with Crippen molar-refractivity contribution in [1.29, 1.82) is 0 Å². The van der Waals surface area contributed by atoms with E-state index in [2.05, 4.69) is 12.2 Å². The largest absolute Gasteiger partial charge is 0.493 e. The van der Waals surface area contributed by atoms with Crippen LogP contribution in [-0.2, 0) is 9.53 Å². The second-order valence-corrected chi connectivity index (χ2v) is 6.75. The zero-order valence-electron chi connectivity index (χ0n) is 14.9. The maximum Gasteiger partial charge on any atom is 0.329 e. The van der Waals surface area contributed by atoms with Crippen LogP contribution in [0.2, 0.25) is 0 Å². The number of carbonyl (C=O) groups excluding carboxylic acids is 1.